The monoisotopic (exact) mass is 1270 g/mol. The molecule has 30 unspecified atom stereocenters. The molecule has 38 nitrogen and oxygen atoms in total. The van der Waals surface area contributed by atoms with Crippen molar-refractivity contribution in [2.45, 2.75) is 225 Å². The second-order valence-electron chi connectivity index (χ2n) is 21.4. The molecule has 30 atom stereocenters. The van der Waals surface area contributed by atoms with Gasteiger partial charge in [0.05, 0.1) is 39.1 Å². The molecule has 0 saturated carbocycles. The predicted molar refractivity (Wildman–Crippen MR) is 271 cm³/mol. The van der Waals surface area contributed by atoms with Gasteiger partial charge in [-0.25, -0.2) is 4.18 Å². The fraction of sp³-hybridized carbons (Fsp3) is 0.894. The van der Waals surface area contributed by atoms with Crippen molar-refractivity contribution in [3.05, 3.63) is 0 Å². The van der Waals surface area contributed by atoms with Crippen molar-refractivity contribution < 1.29 is 160 Å². The maximum Gasteiger partial charge on any atom is 0.397 e. The average Bonchev–Trinajstić information content (AvgIpc) is 2.48. The molecule has 0 radical (unpaired) electrons. The first kappa shape index (κ1) is 71.3. The van der Waals surface area contributed by atoms with E-state index in [2.05, 4.69) is 25.5 Å². The van der Waals surface area contributed by atoms with Crippen molar-refractivity contribution >= 4 is 39.9 Å². The fourth-order valence-electron chi connectivity index (χ4n) is 10.7. The summed E-state index contributed by atoms with van der Waals surface area (Å²) in [5, 5.41) is 153. The van der Waals surface area contributed by atoms with Crippen LogP contribution in [0.15, 0.2) is 0 Å². The average molecular weight is 1270 g/mol. The lowest BCUT2D eigenvalue weighted by atomic mass is 9.92. The molecule has 6 aliphatic rings. The Labute approximate surface area is 490 Å². The molecule has 0 aromatic heterocycles. The molecule has 0 bridgehead atoms. The molecule has 6 aliphatic heterocycles. The molecule has 5 amide bonds. The first-order valence-electron chi connectivity index (χ1n) is 27.0. The van der Waals surface area contributed by atoms with E-state index in [1.165, 1.54) is 14.0 Å². The summed E-state index contributed by atoms with van der Waals surface area (Å²) in [6, 6.07) is -8.84. The van der Waals surface area contributed by atoms with Gasteiger partial charge in [0.1, 0.15) is 140 Å². The number of hydrogen-bond donors (Lipinski definition) is 18. The summed E-state index contributed by atoms with van der Waals surface area (Å²) in [5.74, 6) is -4.17. The molecule has 18 N–H and O–H groups in total. The SMILES string of the molecule is CC(=O)NC1C(O)OC(COC2OC(C)C(O)C(O)C2O)C(OC2OC(COS(=O)(=O)O)C(OC3OC(CO)C(OC4OC(CO)C(OC5OC(CO)C(O)C(O)C5N(C)C(C)=O)C(O)C4NC(C)=O)C(O)C3NC(C)=O)C(O)C2NC(C)=O)C1O. The van der Waals surface area contributed by atoms with Gasteiger partial charge in [-0.2, -0.15) is 8.42 Å². The molecule has 0 aromatic carbocycles. The van der Waals surface area contributed by atoms with E-state index in [-0.39, 0.29) is 0 Å². The number of rotatable bonds is 22. The molecule has 86 heavy (non-hydrogen) atoms. The number of hydrogen-bond acceptors (Lipinski definition) is 32. The smallest absolute Gasteiger partial charge is 0.394 e. The molecule has 0 spiro atoms. The lowest BCUT2D eigenvalue weighted by Gasteiger charge is -2.51. The van der Waals surface area contributed by atoms with Crippen LogP contribution in [0.1, 0.15) is 41.5 Å². The van der Waals surface area contributed by atoms with Gasteiger partial charge < -0.3 is 145 Å². The van der Waals surface area contributed by atoms with Crippen molar-refractivity contribution in [2.75, 3.05) is 40.1 Å². The highest BCUT2D eigenvalue weighted by atomic mass is 32.3. The van der Waals surface area contributed by atoms with Crippen molar-refractivity contribution in [3.63, 3.8) is 0 Å². The van der Waals surface area contributed by atoms with E-state index in [0.29, 0.717) is 0 Å². The van der Waals surface area contributed by atoms with Crippen LogP contribution in [-0.2, 0) is 90.7 Å². The van der Waals surface area contributed by atoms with Gasteiger partial charge in [-0.15, -0.1) is 0 Å². The Bertz CT molecular complexity index is 2390. The van der Waals surface area contributed by atoms with Crippen LogP contribution in [0.3, 0.4) is 0 Å². The Kier molecular flexibility index (Phi) is 25.2. The number of carbonyl (C=O) groups is 5. The zero-order chi connectivity index (χ0) is 64.1. The summed E-state index contributed by atoms with van der Waals surface area (Å²) in [7, 11) is -4.19. The largest absolute Gasteiger partial charge is 0.397 e. The van der Waals surface area contributed by atoms with E-state index < -0.39 is 257 Å². The van der Waals surface area contributed by atoms with E-state index in [0.717, 1.165) is 39.5 Å². The van der Waals surface area contributed by atoms with Crippen LogP contribution in [0.25, 0.3) is 0 Å². The molecule has 6 fully saturated rings. The van der Waals surface area contributed by atoms with Gasteiger partial charge in [-0.3, -0.25) is 28.5 Å². The second-order valence-corrected chi connectivity index (χ2v) is 22.5. The molecule has 0 aliphatic carbocycles. The summed E-state index contributed by atoms with van der Waals surface area (Å²) in [6.07, 6.45) is -46.7. The number of likely N-dealkylation sites (N-methyl/N-ethyl adjacent to an activating group) is 1. The quantitative estimate of drug-likeness (QED) is 0.0448. The molecule has 6 heterocycles. The minimum atomic E-state index is -5.41. The minimum absolute atomic E-state index is 0.661. The van der Waals surface area contributed by atoms with E-state index in [9.17, 15) is 103 Å². The maximum absolute atomic E-state index is 12.9. The number of carbonyl (C=O) groups excluding carboxylic acids is 5. The zero-order valence-electron chi connectivity index (χ0n) is 47.2. The third-order valence-corrected chi connectivity index (χ3v) is 15.6. The summed E-state index contributed by atoms with van der Waals surface area (Å²) in [5.41, 5.74) is 0. The van der Waals surface area contributed by atoms with Crippen LogP contribution in [0.4, 0.5) is 0 Å². The Hall–Kier alpha value is -3.74. The van der Waals surface area contributed by atoms with Crippen LogP contribution in [0.5, 0.6) is 0 Å². The van der Waals surface area contributed by atoms with Crippen molar-refractivity contribution in [2.24, 2.45) is 0 Å². The summed E-state index contributed by atoms with van der Waals surface area (Å²) >= 11 is 0. The van der Waals surface area contributed by atoms with Crippen molar-refractivity contribution in [3.8, 4) is 0 Å². The highest BCUT2D eigenvalue weighted by Gasteiger charge is 2.58. The molecule has 0 aromatic rings. The number of amides is 5. The Morgan fingerprint density at radius 1 is 0.442 bits per heavy atom. The maximum atomic E-state index is 12.9. The summed E-state index contributed by atoms with van der Waals surface area (Å²) in [4.78, 5) is 64.2. The van der Waals surface area contributed by atoms with Crippen LogP contribution in [0, 0.1) is 0 Å². The third-order valence-electron chi connectivity index (χ3n) is 15.1. The van der Waals surface area contributed by atoms with Gasteiger partial charge in [0.2, 0.25) is 29.5 Å². The number of nitrogens with zero attached hydrogens (tertiary/aromatic N) is 1. The van der Waals surface area contributed by atoms with E-state index in [1.807, 2.05) is 0 Å². The summed E-state index contributed by atoms with van der Waals surface area (Å²) in [6.45, 7) is 1.23. The lowest BCUT2D eigenvalue weighted by molar-refractivity contribution is -0.369. The molecule has 39 heteroatoms. The van der Waals surface area contributed by atoms with Gasteiger partial charge in [0.25, 0.3) is 0 Å². The van der Waals surface area contributed by atoms with Gasteiger partial charge in [0.15, 0.2) is 37.7 Å². The van der Waals surface area contributed by atoms with E-state index >= 15 is 0 Å². The van der Waals surface area contributed by atoms with Crippen LogP contribution >= 0.6 is 0 Å². The Balaban J connectivity index is 1.29. The van der Waals surface area contributed by atoms with Crippen LogP contribution in [-0.4, -0.2) is 338 Å². The number of aliphatic hydroxyl groups is 13. The second kappa shape index (κ2) is 30.4. The number of ether oxygens (including phenoxy) is 11. The topological polar surface area (TPSA) is 565 Å². The Morgan fingerprint density at radius 2 is 0.814 bits per heavy atom. The van der Waals surface area contributed by atoms with Gasteiger partial charge in [-0.1, -0.05) is 0 Å². The lowest BCUT2D eigenvalue weighted by Crippen LogP contribution is -2.72. The zero-order valence-corrected chi connectivity index (χ0v) is 48.0. The van der Waals surface area contributed by atoms with Crippen LogP contribution in [0.2, 0.25) is 0 Å². The summed E-state index contributed by atoms with van der Waals surface area (Å²) < 4.78 is 104. The van der Waals surface area contributed by atoms with Crippen molar-refractivity contribution in [1.29, 1.82) is 0 Å². The minimum Gasteiger partial charge on any atom is -0.394 e. The molecular weight excluding hydrogens is 1190 g/mol. The molecular formula is C47H79N5O33S. The first-order chi connectivity index (χ1) is 40.2. The predicted octanol–water partition coefficient (Wildman–Crippen LogP) is -12.2. The van der Waals surface area contributed by atoms with E-state index in [1.54, 1.807) is 0 Å². The van der Waals surface area contributed by atoms with E-state index in [4.69, 9.17) is 52.1 Å². The number of nitrogens with one attached hydrogen (secondary N) is 4. The molecule has 6 saturated heterocycles. The highest BCUT2D eigenvalue weighted by Crippen LogP contribution is 2.37. The fourth-order valence-corrected chi connectivity index (χ4v) is 11.1. The Morgan fingerprint density at radius 3 is 1.22 bits per heavy atom. The van der Waals surface area contributed by atoms with Crippen LogP contribution < -0.4 is 21.3 Å². The standard InChI is InChI=1S/C47H79N5O33S/c1-13-29(61)36(68)37(69)47(76-13)74-11-22-40(31(63)24(42(70)77-22)48-14(2)56)83-45-27(51-17(5)59)34(66)41(23(81-45)12-75-86(71,72)73)84-44-25(49-15(3)57)32(64)38(20(9-54)79-44)82-43-26(50-16(4)58)33(65)39(21(10-55)80-43)85-46-28(52(7)18(6)60)35(67)30(62)19(8-53)78-46/h13,19-47,53-55,61-70H,8-12H2,1-7H3,(H,48,56)(H,49,57)(H,50,58)(H,51,59)(H,71,72,73). The van der Waals surface area contributed by atoms with Crippen molar-refractivity contribution in [1.82, 2.24) is 26.2 Å². The van der Waals surface area contributed by atoms with Gasteiger partial charge in [-0.05, 0) is 6.92 Å². The number of aliphatic hydroxyl groups excluding tert-OH is 13. The molecule has 496 valence electrons. The third kappa shape index (κ3) is 16.8. The highest BCUT2D eigenvalue weighted by molar-refractivity contribution is 7.80. The first-order valence-corrected chi connectivity index (χ1v) is 28.3. The van der Waals surface area contributed by atoms with Gasteiger partial charge in [0, 0.05) is 41.7 Å². The normalized spacial score (nSPS) is 44.0. The van der Waals surface area contributed by atoms with Gasteiger partial charge >= 0.3 is 10.4 Å². The molecule has 6 rings (SSSR count).